The number of hydrogen-bond donors (Lipinski definition) is 1. The topological polar surface area (TPSA) is 15.3 Å². The first-order chi connectivity index (χ1) is 9.70. The van der Waals surface area contributed by atoms with Crippen LogP contribution in [0.25, 0.3) is 0 Å². The molecule has 2 unspecified atom stereocenters. The summed E-state index contributed by atoms with van der Waals surface area (Å²) in [6.07, 6.45) is 6.52. The van der Waals surface area contributed by atoms with Crippen LogP contribution in [0.15, 0.2) is 17.5 Å². The van der Waals surface area contributed by atoms with Gasteiger partial charge in [-0.3, -0.25) is 4.90 Å². The van der Waals surface area contributed by atoms with Crippen LogP contribution in [-0.2, 0) is 6.42 Å². The lowest BCUT2D eigenvalue weighted by atomic mass is 9.83. The van der Waals surface area contributed by atoms with Gasteiger partial charge in [0.1, 0.15) is 0 Å². The van der Waals surface area contributed by atoms with E-state index in [4.69, 9.17) is 0 Å². The molecule has 1 aliphatic heterocycles. The largest absolute Gasteiger partial charge is 0.312 e. The first kappa shape index (κ1) is 16.0. The summed E-state index contributed by atoms with van der Waals surface area (Å²) < 4.78 is 0. The highest BCUT2D eigenvalue weighted by Gasteiger charge is 2.38. The van der Waals surface area contributed by atoms with Crippen LogP contribution in [0.1, 0.15) is 51.3 Å². The van der Waals surface area contributed by atoms with Crippen molar-refractivity contribution in [2.45, 2.75) is 64.5 Å². The van der Waals surface area contributed by atoms with E-state index in [9.17, 15) is 0 Å². The fourth-order valence-electron chi connectivity index (χ4n) is 3.48. The Labute approximate surface area is 128 Å². The number of likely N-dealkylation sites (tertiary alicyclic amines) is 1. The number of rotatable bonds is 7. The van der Waals surface area contributed by atoms with Crippen molar-refractivity contribution in [3.8, 4) is 0 Å². The van der Waals surface area contributed by atoms with E-state index < -0.39 is 0 Å². The van der Waals surface area contributed by atoms with Gasteiger partial charge in [0, 0.05) is 16.5 Å². The van der Waals surface area contributed by atoms with Crippen molar-refractivity contribution >= 4 is 11.3 Å². The molecule has 0 bridgehead atoms. The van der Waals surface area contributed by atoms with Gasteiger partial charge in [-0.05, 0) is 63.7 Å². The molecule has 0 amide bonds. The Morgan fingerprint density at radius 3 is 2.60 bits per heavy atom. The smallest absolute Gasteiger partial charge is 0.0335 e. The van der Waals surface area contributed by atoms with E-state index in [2.05, 4.69) is 48.5 Å². The lowest BCUT2D eigenvalue weighted by Crippen LogP contribution is -2.61. The standard InChI is InChI=1S/C17H30N2S/c1-4-17(3,19-11-7-6-8-12-19)16(18-5-2)14-15-10-9-13-20-15/h9-10,13,16,18H,4-8,11-12,14H2,1-3H3. The zero-order valence-corrected chi connectivity index (χ0v) is 14.1. The second-order valence-electron chi connectivity index (χ2n) is 6.15. The summed E-state index contributed by atoms with van der Waals surface area (Å²) in [6, 6.07) is 5.00. The van der Waals surface area contributed by atoms with Gasteiger partial charge in [-0.25, -0.2) is 0 Å². The molecule has 2 rings (SSSR count). The summed E-state index contributed by atoms with van der Waals surface area (Å²) in [7, 11) is 0. The molecule has 114 valence electrons. The van der Waals surface area contributed by atoms with E-state index in [1.807, 2.05) is 11.3 Å². The minimum absolute atomic E-state index is 0.278. The van der Waals surface area contributed by atoms with Crippen LogP contribution in [0.5, 0.6) is 0 Å². The van der Waals surface area contributed by atoms with Gasteiger partial charge in [0.05, 0.1) is 0 Å². The second-order valence-corrected chi connectivity index (χ2v) is 7.18. The van der Waals surface area contributed by atoms with E-state index in [-0.39, 0.29) is 5.54 Å². The highest BCUT2D eigenvalue weighted by atomic mass is 32.1. The van der Waals surface area contributed by atoms with E-state index >= 15 is 0 Å². The van der Waals surface area contributed by atoms with Crippen LogP contribution in [0.3, 0.4) is 0 Å². The Morgan fingerprint density at radius 1 is 1.30 bits per heavy atom. The molecule has 2 nitrogen and oxygen atoms in total. The average molecular weight is 295 g/mol. The summed E-state index contributed by atoms with van der Waals surface area (Å²) in [5, 5.41) is 5.97. The van der Waals surface area contributed by atoms with Crippen molar-refractivity contribution in [1.82, 2.24) is 10.2 Å². The molecule has 1 fully saturated rings. The van der Waals surface area contributed by atoms with Gasteiger partial charge in [0.25, 0.3) is 0 Å². The van der Waals surface area contributed by atoms with Gasteiger partial charge in [0.2, 0.25) is 0 Å². The van der Waals surface area contributed by atoms with Crippen molar-refractivity contribution in [3.63, 3.8) is 0 Å². The van der Waals surface area contributed by atoms with Gasteiger partial charge in [-0.2, -0.15) is 0 Å². The maximum atomic E-state index is 3.77. The summed E-state index contributed by atoms with van der Waals surface area (Å²) in [6.45, 7) is 10.7. The van der Waals surface area contributed by atoms with Crippen LogP contribution in [0.4, 0.5) is 0 Å². The fraction of sp³-hybridized carbons (Fsp3) is 0.765. The molecule has 0 aromatic carbocycles. The van der Waals surface area contributed by atoms with Crippen molar-refractivity contribution in [2.75, 3.05) is 19.6 Å². The first-order valence-corrected chi connectivity index (χ1v) is 9.09. The minimum Gasteiger partial charge on any atom is -0.312 e. The van der Waals surface area contributed by atoms with Crippen molar-refractivity contribution in [3.05, 3.63) is 22.4 Å². The van der Waals surface area contributed by atoms with Gasteiger partial charge in [0.15, 0.2) is 0 Å². The van der Waals surface area contributed by atoms with E-state index in [1.54, 1.807) is 0 Å². The van der Waals surface area contributed by atoms with Crippen LogP contribution in [0, 0.1) is 0 Å². The molecule has 2 atom stereocenters. The number of likely N-dealkylation sites (N-methyl/N-ethyl adjacent to an activating group) is 1. The molecule has 1 saturated heterocycles. The number of nitrogens with zero attached hydrogens (tertiary/aromatic N) is 1. The molecule has 0 spiro atoms. The molecule has 1 aromatic rings. The molecule has 2 heterocycles. The molecule has 1 aliphatic rings. The summed E-state index contributed by atoms with van der Waals surface area (Å²) in [5.74, 6) is 0. The van der Waals surface area contributed by atoms with Crippen LogP contribution in [-0.4, -0.2) is 36.1 Å². The number of hydrogen-bond acceptors (Lipinski definition) is 3. The summed E-state index contributed by atoms with van der Waals surface area (Å²) in [4.78, 5) is 4.25. The Morgan fingerprint density at radius 2 is 2.05 bits per heavy atom. The van der Waals surface area contributed by atoms with Crippen molar-refractivity contribution < 1.29 is 0 Å². The molecule has 20 heavy (non-hydrogen) atoms. The number of piperidine rings is 1. The zero-order chi connectivity index (χ0) is 14.4. The Hall–Kier alpha value is -0.380. The highest BCUT2D eigenvalue weighted by molar-refractivity contribution is 7.09. The fourth-order valence-corrected chi connectivity index (χ4v) is 4.24. The molecule has 3 heteroatoms. The van der Waals surface area contributed by atoms with Crippen LogP contribution in [0.2, 0.25) is 0 Å². The Kier molecular flexibility index (Phi) is 6.06. The van der Waals surface area contributed by atoms with E-state index in [0.29, 0.717) is 6.04 Å². The molecular weight excluding hydrogens is 264 g/mol. The molecule has 1 aromatic heterocycles. The van der Waals surface area contributed by atoms with Crippen LogP contribution < -0.4 is 5.32 Å². The van der Waals surface area contributed by atoms with E-state index in [0.717, 1.165) is 13.0 Å². The van der Waals surface area contributed by atoms with Gasteiger partial charge >= 0.3 is 0 Å². The zero-order valence-electron chi connectivity index (χ0n) is 13.3. The summed E-state index contributed by atoms with van der Waals surface area (Å²) in [5.41, 5.74) is 0.278. The van der Waals surface area contributed by atoms with E-state index in [1.165, 1.54) is 43.6 Å². The van der Waals surface area contributed by atoms with Gasteiger partial charge in [-0.1, -0.05) is 26.3 Å². The maximum Gasteiger partial charge on any atom is 0.0335 e. The number of nitrogens with one attached hydrogen (secondary N) is 1. The second kappa shape index (κ2) is 7.58. The molecular formula is C17H30N2S. The van der Waals surface area contributed by atoms with Gasteiger partial charge in [-0.15, -0.1) is 11.3 Å². The monoisotopic (exact) mass is 294 g/mol. The minimum atomic E-state index is 0.278. The lowest BCUT2D eigenvalue weighted by Gasteiger charge is -2.48. The average Bonchev–Trinajstić information content (AvgIpc) is 3.00. The molecule has 0 radical (unpaired) electrons. The number of thiophene rings is 1. The third-order valence-electron chi connectivity index (χ3n) is 4.98. The SMILES string of the molecule is CCNC(Cc1cccs1)C(C)(CC)N1CCCCC1. The third kappa shape index (κ3) is 3.63. The quantitative estimate of drug-likeness (QED) is 0.820. The third-order valence-corrected chi connectivity index (χ3v) is 5.88. The van der Waals surface area contributed by atoms with Crippen molar-refractivity contribution in [1.29, 1.82) is 0 Å². The summed E-state index contributed by atoms with van der Waals surface area (Å²) >= 11 is 1.89. The van der Waals surface area contributed by atoms with Crippen LogP contribution >= 0.6 is 11.3 Å². The molecule has 0 aliphatic carbocycles. The highest BCUT2D eigenvalue weighted by Crippen LogP contribution is 2.30. The predicted octanol–water partition coefficient (Wildman–Crippen LogP) is 3.92. The molecule has 1 N–H and O–H groups in total. The van der Waals surface area contributed by atoms with Gasteiger partial charge < -0.3 is 5.32 Å². The Balaban J connectivity index is 2.13. The Bertz CT molecular complexity index is 370. The maximum absolute atomic E-state index is 3.77. The predicted molar refractivity (Wildman–Crippen MR) is 89.6 cm³/mol. The normalized spacial score (nSPS) is 21.6. The van der Waals surface area contributed by atoms with Crippen molar-refractivity contribution in [2.24, 2.45) is 0 Å². The molecule has 0 saturated carbocycles. The lowest BCUT2D eigenvalue weighted by molar-refractivity contribution is 0.0436. The first-order valence-electron chi connectivity index (χ1n) is 8.21.